The molecule has 2 rings (SSSR count). The molecule has 2 aliphatic rings. The average molecular weight is 253 g/mol. The lowest BCUT2D eigenvalue weighted by molar-refractivity contribution is -0.140. The molecule has 0 aromatic carbocycles. The summed E-state index contributed by atoms with van der Waals surface area (Å²) in [7, 11) is 0. The van der Waals surface area contributed by atoms with Gasteiger partial charge in [0.15, 0.2) is 0 Å². The van der Waals surface area contributed by atoms with Crippen molar-refractivity contribution in [2.75, 3.05) is 19.6 Å². The summed E-state index contributed by atoms with van der Waals surface area (Å²) in [5.74, 6) is 0.358. The van der Waals surface area contributed by atoms with E-state index < -0.39 is 0 Å². The SMILES string of the molecule is CC(C)[C@@H](N)C(=O)N1CC2CCCCN2CC1C. The molecule has 4 nitrogen and oxygen atoms in total. The fraction of sp³-hybridized carbons (Fsp3) is 0.929. The molecular weight excluding hydrogens is 226 g/mol. The molecule has 0 aromatic heterocycles. The molecule has 1 amide bonds. The van der Waals surface area contributed by atoms with Gasteiger partial charge in [0, 0.05) is 25.2 Å². The Morgan fingerprint density at radius 3 is 2.67 bits per heavy atom. The minimum Gasteiger partial charge on any atom is -0.336 e. The average Bonchev–Trinajstić information content (AvgIpc) is 2.36. The van der Waals surface area contributed by atoms with Crippen LogP contribution in [0.4, 0.5) is 0 Å². The number of fused-ring (bicyclic) bond motifs is 1. The predicted octanol–water partition coefficient (Wildman–Crippen LogP) is 1.05. The van der Waals surface area contributed by atoms with Crippen molar-refractivity contribution in [1.82, 2.24) is 9.80 Å². The van der Waals surface area contributed by atoms with Crippen LogP contribution < -0.4 is 5.73 Å². The first-order valence-corrected chi connectivity index (χ1v) is 7.30. The molecule has 0 spiro atoms. The Bertz CT molecular complexity index is 305. The molecule has 0 aliphatic carbocycles. The normalized spacial score (nSPS) is 31.3. The number of rotatable bonds is 2. The van der Waals surface area contributed by atoms with Crippen molar-refractivity contribution in [3.8, 4) is 0 Å². The van der Waals surface area contributed by atoms with Gasteiger partial charge in [-0.3, -0.25) is 9.69 Å². The Morgan fingerprint density at radius 2 is 2.00 bits per heavy atom. The molecule has 2 unspecified atom stereocenters. The number of piperazine rings is 1. The lowest BCUT2D eigenvalue weighted by Gasteiger charge is -2.48. The number of amides is 1. The molecule has 0 bridgehead atoms. The van der Waals surface area contributed by atoms with E-state index in [0.29, 0.717) is 12.1 Å². The monoisotopic (exact) mass is 253 g/mol. The second-order valence-corrected chi connectivity index (χ2v) is 6.25. The van der Waals surface area contributed by atoms with Crippen molar-refractivity contribution in [2.24, 2.45) is 11.7 Å². The van der Waals surface area contributed by atoms with Gasteiger partial charge in [-0.15, -0.1) is 0 Å². The standard InChI is InChI=1S/C14H27N3O/c1-10(2)13(15)14(18)17-9-12-6-4-5-7-16(12)8-11(17)3/h10-13H,4-9,15H2,1-3H3/t11?,12?,13-/m1/s1. The third kappa shape index (κ3) is 2.69. The highest BCUT2D eigenvalue weighted by Gasteiger charge is 2.37. The summed E-state index contributed by atoms with van der Waals surface area (Å²) in [6.45, 7) is 9.28. The highest BCUT2D eigenvalue weighted by Crippen LogP contribution is 2.24. The first-order chi connectivity index (χ1) is 8.50. The fourth-order valence-corrected chi connectivity index (χ4v) is 3.14. The number of nitrogens with zero attached hydrogens (tertiary/aromatic N) is 2. The molecule has 0 saturated carbocycles. The molecule has 4 heteroatoms. The van der Waals surface area contributed by atoms with Crippen LogP contribution in [0, 0.1) is 5.92 Å². The summed E-state index contributed by atoms with van der Waals surface area (Å²) < 4.78 is 0. The number of piperidine rings is 1. The molecule has 0 radical (unpaired) electrons. The second kappa shape index (κ2) is 5.57. The molecule has 104 valence electrons. The molecule has 3 atom stereocenters. The van der Waals surface area contributed by atoms with E-state index in [1.165, 1.54) is 25.8 Å². The van der Waals surface area contributed by atoms with E-state index in [2.05, 4.69) is 11.8 Å². The van der Waals surface area contributed by atoms with Crippen LogP contribution in [0.1, 0.15) is 40.0 Å². The summed E-state index contributed by atoms with van der Waals surface area (Å²) in [4.78, 5) is 17.0. The van der Waals surface area contributed by atoms with Crippen molar-refractivity contribution in [1.29, 1.82) is 0 Å². The molecule has 0 aromatic rings. The zero-order chi connectivity index (χ0) is 13.3. The largest absolute Gasteiger partial charge is 0.336 e. The Morgan fingerprint density at radius 1 is 1.28 bits per heavy atom. The zero-order valence-electron chi connectivity index (χ0n) is 11.9. The maximum Gasteiger partial charge on any atom is 0.240 e. The number of hydrogen-bond donors (Lipinski definition) is 1. The van der Waals surface area contributed by atoms with Crippen molar-refractivity contribution >= 4 is 5.91 Å². The lowest BCUT2D eigenvalue weighted by Crippen LogP contribution is -2.62. The van der Waals surface area contributed by atoms with Crippen LogP contribution in [0.15, 0.2) is 0 Å². The van der Waals surface area contributed by atoms with Crippen LogP contribution in [-0.4, -0.2) is 53.5 Å². The Balaban J connectivity index is 2.02. The van der Waals surface area contributed by atoms with Gasteiger partial charge in [0.05, 0.1) is 6.04 Å². The summed E-state index contributed by atoms with van der Waals surface area (Å²) in [6.07, 6.45) is 3.84. The molecular formula is C14H27N3O. The third-order valence-electron chi connectivity index (χ3n) is 4.47. The maximum atomic E-state index is 12.4. The second-order valence-electron chi connectivity index (χ2n) is 6.25. The summed E-state index contributed by atoms with van der Waals surface area (Å²) in [5, 5.41) is 0. The van der Waals surface area contributed by atoms with Gasteiger partial charge in [-0.05, 0) is 32.2 Å². The summed E-state index contributed by atoms with van der Waals surface area (Å²) in [6, 6.07) is 0.525. The lowest BCUT2D eigenvalue weighted by atomic mass is 9.95. The first-order valence-electron chi connectivity index (χ1n) is 7.30. The molecule has 2 fully saturated rings. The van der Waals surface area contributed by atoms with Crippen molar-refractivity contribution < 1.29 is 4.79 Å². The van der Waals surface area contributed by atoms with Crippen LogP contribution >= 0.6 is 0 Å². The number of carbonyl (C=O) groups excluding carboxylic acids is 1. The molecule has 2 N–H and O–H groups in total. The van der Waals surface area contributed by atoms with Crippen LogP contribution in [0.25, 0.3) is 0 Å². The summed E-state index contributed by atoms with van der Waals surface area (Å²) in [5.41, 5.74) is 6.02. The highest BCUT2D eigenvalue weighted by atomic mass is 16.2. The maximum absolute atomic E-state index is 12.4. The van der Waals surface area contributed by atoms with Gasteiger partial charge in [0.2, 0.25) is 5.91 Å². The third-order valence-corrected chi connectivity index (χ3v) is 4.47. The van der Waals surface area contributed by atoms with E-state index >= 15 is 0 Å². The Kier molecular flexibility index (Phi) is 4.28. The van der Waals surface area contributed by atoms with Gasteiger partial charge in [-0.1, -0.05) is 20.3 Å². The Labute approximate surface area is 110 Å². The van der Waals surface area contributed by atoms with E-state index in [4.69, 9.17) is 5.73 Å². The van der Waals surface area contributed by atoms with Crippen LogP contribution in [-0.2, 0) is 4.79 Å². The predicted molar refractivity (Wildman–Crippen MR) is 73.2 cm³/mol. The van der Waals surface area contributed by atoms with Gasteiger partial charge in [-0.2, -0.15) is 0 Å². The van der Waals surface area contributed by atoms with Gasteiger partial charge >= 0.3 is 0 Å². The van der Waals surface area contributed by atoms with E-state index in [9.17, 15) is 4.79 Å². The number of hydrogen-bond acceptors (Lipinski definition) is 3. The van der Waals surface area contributed by atoms with Crippen LogP contribution in [0.2, 0.25) is 0 Å². The minimum atomic E-state index is -0.345. The number of nitrogens with two attached hydrogens (primary N) is 1. The minimum absolute atomic E-state index is 0.141. The topological polar surface area (TPSA) is 49.6 Å². The van der Waals surface area contributed by atoms with Gasteiger partial charge in [-0.25, -0.2) is 0 Å². The van der Waals surface area contributed by atoms with Crippen molar-refractivity contribution in [3.05, 3.63) is 0 Å². The fourth-order valence-electron chi connectivity index (χ4n) is 3.14. The smallest absolute Gasteiger partial charge is 0.240 e. The van der Waals surface area contributed by atoms with Gasteiger partial charge < -0.3 is 10.6 Å². The molecule has 2 saturated heterocycles. The quantitative estimate of drug-likeness (QED) is 0.800. The first kappa shape index (κ1) is 13.8. The molecule has 18 heavy (non-hydrogen) atoms. The molecule has 2 heterocycles. The van der Waals surface area contributed by atoms with E-state index in [1.807, 2.05) is 18.7 Å². The van der Waals surface area contributed by atoms with E-state index in [-0.39, 0.29) is 17.9 Å². The van der Waals surface area contributed by atoms with Crippen LogP contribution in [0.3, 0.4) is 0 Å². The summed E-state index contributed by atoms with van der Waals surface area (Å²) >= 11 is 0. The highest BCUT2D eigenvalue weighted by molar-refractivity contribution is 5.82. The van der Waals surface area contributed by atoms with E-state index in [1.54, 1.807) is 0 Å². The van der Waals surface area contributed by atoms with E-state index in [0.717, 1.165) is 13.1 Å². The molecule has 2 aliphatic heterocycles. The zero-order valence-corrected chi connectivity index (χ0v) is 11.9. The van der Waals surface area contributed by atoms with Crippen LogP contribution in [0.5, 0.6) is 0 Å². The van der Waals surface area contributed by atoms with Crippen molar-refractivity contribution in [3.63, 3.8) is 0 Å². The Hall–Kier alpha value is -0.610. The van der Waals surface area contributed by atoms with Gasteiger partial charge in [0.1, 0.15) is 0 Å². The number of carbonyl (C=O) groups is 1. The van der Waals surface area contributed by atoms with Gasteiger partial charge in [0.25, 0.3) is 0 Å². The van der Waals surface area contributed by atoms with Crippen molar-refractivity contribution in [2.45, 2.75) is 58.2 Å².